The highest BCUT2D eigenvalue weighted by molar-refractivity contribution is 5.68. The molecular formula is C17H24O5. The molecule has 1 rings (SSSR count). The Bertz CT molecular complexity index is 453. The predicted octanol–water partition coefficient (Wildman–Crippen LogP) is 3.51. The molecule has 0 saturated carbocycles. The van der Waals surface area contributed by atoms with Crippen molar-refractivity contribution in [2.75, 3.05) is 6.61 Å². The van der Waals surface area contributed by atoms with E-state index in [-0.39, 0.29) is 13.0 Å². The summed E-state index contributed by atoms with van der Waals surface area (Å²) >= 11 is 0. The number of carbonyl (C=O) groups is 2. The van der Waals surface area contributed by atoms with Crippen LogP contribution < -0.4 is 4.74 Å². The number of carboxylic acids is 2. The van der Waals surface area contributed by atoms with Crippen molar-refractivity contribution in [3.63, 3.8) is 0 Å². The number of aryl methyl sites for hydroxylation is 1. The number of hydrogen-bond acceptors (Lipinski definition) is 3. The molecule has 0 heterocycles. The minimum Gasteiger partial charge on any atom is -0.482 e. The number of unbranched alkanes of at least 4 members (excludes halogenated alkanes) is 5. The van der Waals surface area contributed by atoms with Crippen LogP contribution in [0.4, 0.5) is 0 Å². The van der Waals surface area contributed by atoms with Crippen LogP contribution in [0.2, 0.25) is 0 Å². The van der Waals surface area contributed by atoms with Crippen LogP contribution in [0, 0.1) is 0 Å². The molecule has 0 saturated heterocycles. The van der Waals surface area contributed by atoms with Crippen LogP contribution in [0.3, 0.4) is 0 Å². The zero-order chi connectivity index (χ0) is 16.2. The van der Waals surface area contributed by atoms with E-state index in [1.165, 1.54) is 5.56 Å². The Hall–Kier alpha value is -2.04. The standard InChI is InChI=1S/C17H24O5/c18-16(19)8-6-4-2-1-3-5-7-14-9-11-15(12-10-14)22-13-17(20)21/h9-12H,1-8,13H2,(H,18,19)(H,20,21). The fourth-order valence-electron chi connectivity index (χ4n) is 2.21. The molecule has 0 radical (unpaired) electrons. The van der Waals surface area contributed by atoms with E-state index in [1.54, 1.807) is 12.1 Å². The summed E-state index contributed by atoms with van der Waals surface area (Å²) in [5.41, 5.74) is 1.22. The normalized spacial score (nSPS) is 10.4. The van der Waals surface area contributed by atoms with Gasteiger partial charge in [-0.05, 0) is 37.0 Å². The number of aliphatic carboxylic acids is 2. The summed E-state index contributed by atoms with van der Waals surface area (Å²) in [6.07, 6.45) is 7.51. The van der Waals surface area contributed by atoms with Gasteiger partial charge < -0.3 is 14.9 Å². The Labute approximate surface area is 130 Å². The molecule has 22 heavy (non-hydrogen) atoms. The largest absolute Gasteiger partial charge is 0.482 e. The second-order valence-corrected chi connectivity index (χ2v) is 5.34. The molecule has 0 bridgehead atoms. The van der Waals surface area contributed by atoms with E-state index in [0.717, 1.165) is 44.9 Å². The Morgan fingerprint density at radius 2 is 1.41 bits per heavy atom. The maximum absolute atomic E-state index is 10.4. The zero-order valence-corrected chi connectivity index (χ0v) is 12.8. The predicted molar refractivity (Wildman–Crippen MR) is 83.2 cm³/mol. The average Bonchev–Trinajstić information content (AvgIpc) is 2.48. The molecule has 2 N–H and O–H groups in total. The first-order valence-corrected chi connectivity index (χ1v) is 7.73. The average molecular weight is 308 g/mol. The minimum absolute atomic E-state index is 0.274. The first-order chi connectivity index (χ1) is 10.6. The smallest absolute Gasteiger partial charge is 0.341 e. The maximum Gasteiger partial charge on any atom is 0.341 e. The van der Waals surface area contributed by atoms with Gasteiger partial charge in [-0.1, -0.05) is 37.8 Å². The van der Waals surface area contributed by atoms with E-state index in [2.05, 4.69) is 0 Å². The van der Waals surface area contributed by atoms with Gasteiger partial charge in [0.25, 0.3) is 0 Å². The lowest BCUT2D eigenvalue weighted by molar-refractivity contribution is -0.139. The highest BCUT2D eigenvalue weighted by Crippen LogP contribution is 2.15. The van der Waals surface area contributed by atoms with E-state index in [1.807, 2.05) is 12.1 Å². The van der Waals surface area contributed by atoms with E-state index in [4.69, 9.17) is 14.9 Å². The monoisotopic (exact) mass is 308 g/mol. The fourth-order valence-corrected chi connectivity index (χ4v) is 2.21. The Morgan fingerprint density at radius 3 is 2.00 bits per heavy atom. The van der Waals surface area contributed by atoms with Gasteiger partial charge in [-0.15, -0.1) is 0 Å². The summed E-state index contributed by atoms with van der Waals surface area (Å²) in [7, 11) is 0. The Morgan fingerprint density at radius 1 is 0.818 bits per heavy atom. The van der Waals surface area contributed by atoms with Crippen molar-refractivity contribution in [3.05, 3.63) is 29.8 Å². The van der Waals surface area contributed by atoms with Gasteiger partial charge in [0.1, 0.15) is 5.75 Å². The fraction of sp³-hybridized carbons (Fsp3) is 0.529. The third-order valence-electron chi connectivity index (χ3n) is 3.39. The molecule has 0 atom stereocenters. The number of benzene rings is 1. The van der Waals surface area contributed by atoms with Crippen LogP contribution in [0.5, 0.6) is 5.75 Å². The van der Waals surface area contributed by atoms with Crippen LogP contribution in [0.15, 0.2) is 24.3 Å². The quantitative estimate of drug-likeness (QED) is 0.577. The lowest BCUT2D eigenvalue weighted by Crippen LogP contribution is -2.09. The van der Waals surface area contributed by atoms with Crippen molar-refractivity contribution in [2.24, 2.45) is 0 Å². The van der Waals surface area contributed by atoms with Crippen LogP contribution in [-0.2, 0) is 16.0 Å². The molecular weight excluding hydrogens is 284 g/mol. The SMILES string of the molecule is O=C(O)CCCCCCCCc1ccc(OCC(=O)O)cc1. The summed E-state index contributed by atoms with van der Waals surface area (Å²) in [5, 5.41) is 17.0. The van der Waals surface area contributed by atoms with Crippen molar-refractivity contribution in [1.29, 1.82) is 0 Å². The summed E-state index contributed by atoms with van der Waals surface area (Å²) in [6.45, 7) is -0.318. The highest BCUT2D eigenvalue weighted by atomic mass is 16.5. The van der Waals surface area contributed by atoms with Gasteiger partial charge in [-0.3, -0.25) is 4.79 Å². The van der Waals surface area contributed by atoms with Crippen molar-refractivity contribution in [3.8, 4) is 5.75 Å². The first-order valence-electron chi connectivity index (χ1n) is 7.73. The van der Waals surface area contributed by atoms with Gasteiger partial charge in [0.15, 0.2) is 6.61 Å². The Balaban J connectivity index is 2.07. The first kappa shape index (κ1) is 18.0. The molecule has 0 unspecified atom stereocenters. The van der Waals surface area contributed by atoms with Crippen molar-refractivity contribution in [1.82, 2.24) is 0 Å². The lowest BCUT2D eigenvalue weighted by atomic mass is 10.0. The molecule has 122 valence electrons. The van der Waals surface area contributed by atoms with Gasteiger partial charge in [-0.25, -0.2) is 4.79 Å². The molecule has 0 aliphatic heterocycles. The molecule has 0 fully saturated rings. The number of rotatable bonds is 12. The topological polar surface area (TPSA) is 83.8 Å². The second-order valence-electron chi connectivity index (χ2n) is 5.34. The zero-order valence-electron chi connectivity index (χ0n) is 12.8. The van der Waals surface area contributed by atoms with E-state index in [0.29, 0.717) is 5.75 Å². The molecule has 1 aromatic carbocycles. The third kappa shape index (κ3) is 9.00. The lowest BCUT2D eigenvalue weighted by Gasteiger charge is -2.05. The molecule has 1 aromatic rings. The van der Waals surface area contributed by atoms with Crippen molar-refractivity contribution < 1.29 is 24.5 Å². The van der Waals surface area contributed by atoms with Crippen LogP contribution in [0.25, 0.3) is 0 Å². The van der Waals surface area contributed by atoms with Gasteiger partial charge in [-0.2, -0.15) is 0 Å². The van der Waals surface area contributed by atoms with E-state index < -0.39 is 11.9 Å². The van der Waals surface area contributed by atoms with Crippen molar-refractivity contribution >= 4 is 11.9 Å². The van der Waals surface area contributed by atoms with Gasteiger partial charge in [0, 0.05) is 6.42 Å². The van der Waals surface area contributed by atoms with E-state index >= 15 is 0 Å². The van der Waals surface area contributed by atoms with Gasteiger partial charge in [0.2, 0.25) is 0 Å². The number of carboxylic acid groups (broad SMARTS) is 2. The van der Waals surface area contributed by atoms with Crippen LogP contribution in [0.1, 0.15) is 50.5 Å². The summed E-state index contributed by atoms with van der Waals surface area (Å²) in [6, 6.07) is 7.52. The van der Waals surface area contributed by atoms with E-state index in [9.17, 15) is 9.59 Å². The van der Waals surface area contributed by atoms with Crippen LogP contribution >= 0.6 is 0 Å². The molecule has 0 aromatic heterocycles. The second kappa shape index (κ2) is 10.7. The van der Waals surface area contributed by atoms with Gasteiger partial charge in [0.05, 0.1) is 0 Å². The Kier molecular flexibility index (Phi) is 8.72. The molecule has 5 heteroatoms. The molecule has 0 aliphatic carbocycles. The molecule has 5 nitrogen and oxygen atoms in total. The van der Waals surface area contributed by atoms with Gasteiger partial charge >= 0.3 is 11.9 Å². The summed E-state index contributed by atoms with van der Waals surface area (Å²) in [5.74, 6) is -1.12. The minimum atomic E-state index is -0.979. The summed E-state index contributed by atoms with van der Waals surface area (Å²) in [4.78, 5) is 20.7. The highest BCUT2D eigenvalue weighted by Gasteiger charge is 2.00. The third-order valence-corrected chi connectivity index (χ3v) is 3.39. The van der Waals surface area contributed by atoms with Crippen molar-refractivity contribution in [2.45, 2.75) is 51.4 Å². The summed E-state index contributed by atoms with van der Waals surface area (Å²) < 4.78 is 5.08. The number of hydrogen-bond donors (Lipinski definition) is 2. The number of ether oxygens (including phenoxy) is 1. The molecule has 0 aliphatic rings. The van der Waals surface area contributed by atoms with Crippen LogP contribution in [-0.4, -0.2) is 28.8 Å². The molecule has 0 spiro atoms. The maximum atomic E-state index is 10.4. The molecule has 0 amide bonds.